The lowest BCUT2D eigenvalue weighted by Gasteiger charge is -2.34. The second kappa shape index (κ2) is 14.8. The zero-order valence-electron chi connectivity index (χ0n) is 18.8. The van der Waals surface area contributed by atoms with Crippen molar-refractivity contribution in [2.75, 3.05) is 52.9 Å². The molecule has 2 aromatic rings. The molecule has 0 bridgehead atoms. The summed E-state index contributed by atoms with van der Waals surface area (Å²) >= 11 is 1.77. The van der Waals surface area contributed by atoms with Crippen molar-refractivity contribution in [1.82, 2.24) is 25.4 Å². The molecule has 6 nitrogen and oxygen atoms in total. The lowest BCUT2D eigenvalue weighted by Crippen LogP contribution is -2.46. The number of aromatic nitrogens is 1. The summed E-state index contributed by atoms with van der Waals surface area (Å²) in [5, 5.41) is 7.99. The molecule has 0 saturated carbocycles. The molecule has 1 aliphatic rings. The largest absolute Gasteiger partial charge is 0.356 e. The number of nitrogens with one attached hydrogen (secondary N) is 2. The standard InChI is InChI=1S/C23H36N6S.HI/c1-20-18-27-22(30-20)10-12-26-23(24-2)25-11-6-7-13-28-14-16-29(17-15-28)19-21-8-4-3-5-9-21;/h3-5,8-9,18H,6-7,10-17,19H2,1-2H3,(H2,24,25,26);1H. The van der Waals surface area contributed by atoms with Gasteiger partial charge in [0.15, 0.2) is 5.96 Å². The van der Waals surface area contributed by atoms with Crippen LogP contribution in [0.4, 0.5) is 0 Å². The third kappa shape index (κ3) is 9.84. The number of rotatable bonds is 10. The third-order valence-electron chi connectivity index (χ3n) is 5.43. The van der Waals surface area contributed by atoms with Gasteiger partial charge in [0, 0.05) is 70.4 Å². The molecule has 0 unspecified atom stereocenters. The number of nitrogens with zero attached hydrogens (tertiary/aromatic N) is 4. The van der Waals surface area contributed by atoms with Crippen molar-refractivity contribution in [1.29, 1.82) is 0 Å². The van der Waals surface area contributed by atoms with Crippen molar-refractivity contribution in [2.24, 2.45) is 4.99 Å². The summed E-state index contributed by atoms with van der Waals surface area (Å²) in [5.41, 5.74) is 1.42. The molecule has 2 heterocycles. The SMILES string of the molecule is CN=C(NCCCCN1CCN(Cc2ccccc2)CC1)NCCc1ncc(C)s1.I. The minimum atomic E-state index is 0. The first-order chi connectivity index (χ1) is 14.7. The van der Waals surface area contributed by atoms with Gasteiger partial charge in [0.05, 0.1) is 5.01 Å². The van der Waals surface area contributed by atoms with Crippen LogP contribution in [0.15, 0.2) is 41.5 Å². The highest BCUT2D eigenvalue weighted by molar-refractivity contribution is 14.0. The lowest BCUT2D eigenvalue weighted by atomic mass is 10.2. The van der Waals surface area contributed by atoms with Crippen molar-refractivity contribution in [3.63, 3.8) is 0 Å². The number of aliphatic imine (C=N–C) groups is 1. The van der Waals surface area contributed by atoms with Gasteiger partial charge in [0.25, 0.3) is 0 Å². The predicted octanol–water partition coefficient (Wildman–Crippen LogP) is 3.38. The van der Waals surface area contributed by atoms with Gasteiger partial charge in [0.1, 0.15) is 0 Å². The van der Waals surface area contributed by atoms with Gasteiger partial charge in [0.2, 0.25) is 0 Å². The number of halogens is 1. The van der Waals surface area contributed by atoms with Crippen LogP contribution in [-0.4, -0.2) is 73.6 Å². The first-order valence-corrected chi connectivity index (χ1v) is 11.9. The van der Waals surface area contributed by atoms with Crippen molar-refractivity contribution >= 4 is 41.3 Å². The van der Waals surface area contributed by atoms with Crippen LogP contribution in [0, 0.1) is 6.92 Å². The molecule has 8 heteroatoms. The first kappa shape index (κ1) is 26.0. The number of unbranched alkanes of at least 4 members (excludes halogenated alkanes) is 1. The number of guanidine groups is 1. The van der Waals surface area contributed by atoms with Crippen LogP contribution in [0.25, 0.3) is 0 Å². The van der Waals surface area contributed by atoms with Crippen molar-refractivity contribution in [3.8, 4) is 0 Å². The number of piperazine rings is 1. The lowest BCUT2D eigenvalue weighted by molar-refractivity contribution is 0.126. The number of benzene rings is 1. The Hall–Kier alpha value is -1.23. The van der Waals surface area contributed by atoms with Gasteiger partial charge in [-0.15, -0.1) is 35.3 Å². The summed E-state index contributed by atoms with van der Waals surface area (Å²) in [6, 6.07) is 10.8. The summed E-state index contributed by atoms with van der Waals surface area (Å²) in [4.78, 5) is 15.2. The normalized spacial score (nSPS) is 15.5. The Labute approximate surface area is 208 Å². The fourth-order valence-electron chi connectivity index (χ4n) is 3.71. The molecule has 1 aliphatic heterocycles. The second-order valence-electron chi connectivity index (χ2n) is 7.85. The Kier molecular flexibility index (Phi) is 12.4. The van der Waals surface area contributed by atoms with Crippen LogP contribution < -0.4 is 10.6 Å². The number of thiazole rings is 1. The van der Waals surface area contributed by atoms with Crippen LogP contribution in [0.3, 0.4) is 0 Å². The third-order valence-corrected chi connectivity index (χ3v) is 6.40. The average molecular weight is 557 g/mol. The van der Waals surface area contributed by atoms with E-state index in [-0.39, 0.29) is 24.0 Å². The van der Waals surface area contributed by atoms with E-state index in [2.05, 4.69) is 67.7 Å². The minimum Gasteiger partial charge on any atom is -0.356 e. The highest BCUT2D eigenvalue weighted by Crippen LogP contribution is 2.11. The Morgan fingerprint density at radius 2 is 1.74 bits per heavy atom. The molecular weight excluding hydrogens is 519 g/mol. The summed E-state index contributed by atoms with van der Waals surface area (Å²) < 4.78 is 0. The Morgan fingerprint density at radius 1 is 1.03 bits per heavy atom. The summed E-state index contributed by atoms with van der Waals surface area (Å²) in [7, 11) is 1.83. The zero-order valence-corrected chi connectivity index (χ0v) is 22.0. The maximum atomic E-state index is 4.41. The van der Waals surface area contributed by atoms with Crippen LogP contribution in [0.2, 0.25) is 0 Å². The molecule has 172 valence electrons. The van der Waals surface area contributed by atoms with E-state index in [1.807, 2.05) is 13.2 Å². The molecule has 1 aromatic carbocycles. The van der Waals surface area contributed by atoms with Crippen LogP contribution in [0.1, 0.15) is 28.3 Å². The second-order valence-corrected chi connectivity index (χ2v) is 9.17. The van der Waals surface area contributed by atoms with E-state index in [4.69, 9.17) is 0 Å². The van der Waals surface area contributed by atoms with Gasteiger partial charge in [-0.1, -0.05) is 30.3 Å². The fraction of sp³-hybridized carbons (Fsp3) is 0.565. The van der Waals surface area contributed by atoms with E-state index in [1.54, 1.807) is 11.3 Å². The van der Waals surface area contributed by atoms with Crippen LogP contribution >= 0.6 is 35.3 Å². The minimum absolute atomic E-state index is 0. The highest BCUT2D eigenvalue weighted by Gasteiger charge is 2.16. The fourth-order valence-corrected chi connectivity index (χ4v) is 4.49. The molecule has 0 radical (unpaired) electrons. The summed E-state index contributed by atoms with van der Waals surface area (Å²) in [5.74, 6) is 0.887. The molecular formula is C23H37IN6S. The molecule has 1 saturated heterocycles. The Bertz CT molecular complexity index is 758. The number of hydrogen-bond acceptors (Lipinski definition) is 5. The smallest absolute Gasteiger partial charge is 0.190 e. The Balaban J connectivity index is 0.00000341. The molecule has 3 rings (SSSR count). The van der Waals surface area contributed by atoms with Gasteiger partial charge in [-0.25, -0.2) is 4.98 Å². The van der Waals surface area contributed by atoms with Crippen molar-refractivity contribution in [3.05, 3.63) is 52.0 Å². The van der Waals surface area contributed by atoms with E-state index < -0.39 is 0 Å². The molecule has 1 fully saturated rings. The molecule has 0 spiro atoms. The number of hydrogen-bond donors (Lipinski definition) is 2. The van der Waals surface area contributed by atoms with Gasteiger partial charge >= 0.3 is 0 Å². The van der Waals surface area contributed by atoms with Gasteiger partial charge in [-0.3, -0.25) is 9.89 Å². The van der Waals surface area contributed by atoms with E-state index in [0.717, 1.165) is 38.4 Å². The van der Waals surface area contributed by atoms with Crippen LogP contribution in [-0.2, 0) is 13.0 Å². The topological polar surface area (TPSA) is 55.8 Å². The maximum absolute atomic E-state index is 4.41. The van der Waals surface area contributed by atoms with Crippen LogP contribution in [0.5, 0.6) is 0 Å². The predicted molar refractivity (Wildman–Crippen MR) is 143 cm³/mol. The molecule has 0 atom stereocenters. The van der Waals surface area contributed by atoms with E-state index in [1.165, 1.54) is 54.6 Å². The molecule has 1 aromatic heterocycles. The van der Waals surface area contributed by atoms with E-state index >= 15 is 0 Å². The first-order valence-electron chi connectivity index (χ1n) is 11.1. The maximum Gasteiger partial charge on any atom is 0.190 e. The monoisotopic (exact) mass is 556 g/mol. The molecule has 2 N–H and O–H groups in total. The molecule has 0 amide bonds. The zero-order chi connectivity index (χ0) is 21.0. The van der Waals surface area contributed by atoms with Gasteiger partial charge < -0.3 is 15.5 Å². The molecule has 31 heavy (non-hydrogen) atoms. The van der Waals surface area contributed by atoms with Crippen molar-refractivity contribution < 1.29 is 0 Å². The number of aryl methyl sites for hydroxylation is 1. The van der Waals surface area contributed by atoms with E-state index in [9.17, 15) is 0 Å². The summed E-state index contributed by atoms with van der Waals surface area (Å²) in [6.07, 6.45) is 5.27. The van der Waals surface area contributed by atoms with Gasteiger partial charge in [-0.2, -0.15) is 0 Å². The van der Waals surface area contributed by atoms with Crippen molar-refractivity contribution in [2.45, 2.75) is 32.7 Å². The Morgan fingerprint density at radius 3 is 2.42 bits per heavy atom. The highest BCUT2D eigenvalue weighted by atomic mass is 127. The molecule has 0 aliphatic carbocycles. The average Bonchev–Trinajstić information content (AvgIpc) is 3.19. The summed E-state index contributed by atoms with van der Waals surface area (Å²) in [6.45, 7) is 10.9. The van der Waals surface area contributed by atoms with Gasteiger partial charge in [-0.05, 0) is 31.9 Å². The quantitative estimate of drug-likeness (QED) is 0.204. The van der Waals surface area contributed by atoms with E-state index in [0.29, 0.717) is 0 Å².